The van der Waals surface area contributed by atoms with Gasteiger partial charge in [0.25, 0.3) is 0 Å². The van der Waals surface area contributed by atoms with Crippen molar-refractivity contribution < 1.29 is 12.6 Å². The summed E-state index contributed by atoms with van der Waals surface area (Å²) in [6.07, 6.45) is 3.77. The highest BCUT2D eigenvalue weighted by Crippen LogP contribution is 2.09. The Morgan fingerprint density at radius 2 is 1.79 bits per heavy atom. The predicted octanol–water partition coefficient (Wildman–Crippen LogP) is 0.417. The summed E-state index contributed by atoms with van der Waals surface area (Å²) in [7, 11) is -2.53. The van der Waals surface area contributed by atoms with Crippen molar-refractivity contribution in [3.05, 3.63) is 18.5 Å². The number of hydrogen-bond donors (Lipinski definition) is 0. The molecule has 9 heteroatoms. The first-order valence-electron chi connectivity index (χ1n) is 3.26. The molecule has 1 rings (SSSR count). The van der Waals surface area contributed by atoms with Crippen molar-refractivity contribution in [2.45, 2.75) is 5.16 Å². The minimum Gasteiger partial charge on any atom is -0.241 e. The smallest absolute Gasteiger partial charge is 0.241 e. The minimum absolute atomic E-state index is 0.163. The maximum Gasteiger partial charge on any atom is 0.347 e. The molecule has 0 aromatic carbocycles. The van der Waals surface area contributed by atoms with E-state index in [1.807, 2.05) is 0 Å². The van der Waals surface area contributed by atoms with Crippen LogP contribution in [-0.4, -0.2) is 28.9 Å². The average molecular weight is 256 g/mol. The van der Waals surface area contributed by atoms with E-state index in [0.29, 0.717) is 0 Å². The van der Waals surface area contributed by atoms with Crippen LogP contribution >= 0.6 is 10.7 Å². The topological polar surface area (TPSA) is 89.4 Å². The molecule has 1 aromatic heterocycles. The van der Waals surface area contributed by atoms with E-state index in [1.54, 1.807) is 0 Å². The van der Waals surface area contributed by atoms with Crippen molar-refractivity contribution in [1.82, 2.24) is 9.97 Å². The third-order valence-electron chi connectivity index (χ3n) is 1.11. The first-order valence-corrected chi connectivity index (χ1v) is 7.45. The normalized spacial score (nSPS) is 15.9. The fourth-order valence-electron chi connectivity index (χ4n) is 0.684. The number of aromatic nitrogens is 2. The van der Waals surface area contributed by atoms with Crippen LogP contribution in [0.1, 0.15) is 0 Å². The summed E-state index contributed by atoms with van der Waals surface area (Å²) < 4.78 is 35.8. The van der Waals surface area contributed by atoms with Crippen LogP contribution in [0.5, 0.6) is 0 Å². The van der Waals surface area contributed by atoms with Gasteiger partial charge < -0.3 is 0 Å². The van der Waals surface area contributed by atoms with Gasteiger partial charge in [0.15, 0.2) is 0 Å². The van der Waals surface area contributed by atoms with Gasteiger partial charge in [-0.3, -0.25) is 0 Å². The van der Waals surface area contributed by atoms with Gasteiger partial charge in [0.2, 0.25) is 5.16 Å². The average Bonchev–Trinajstić information content (AvgIpc) is 2.01. The molecule has 6 nitrogen and oxygen atoms in total. The summed E-state index contributed by atoms with van der Waals surface area (Å²) in [5.74, 6) is 0. The van der Waals surface area contributed by atoms with Crippen molar-refractivity contribution in [2.24, 2.45) is 3.77 Å². The molecule has 0 aliphatic carbocycles. The van der Waals surface area contributed by atoms with E-state index in [9.17, 15) is 12.6 Å². The zero-order valence-electron chi connectivity index (χ0n) is 6.99. The van der Waals surface area contributed by atoms with Gasteiger partial charge in [0, 0.05) is 29.3 Å². The fourth-order valence-corrected chi connectivity index (χ4v) is 3.79. The van der Waals surface area contributed by atoms with E-state index in [-0.39, 0.29) is 5.16 Å². The third-order valence-corrected chi connectivity index (χ3v) is 4.36. The van der Waals surface area contributed by atoms with Crippen molar-refractivity contribution in [2.75, 3.05) is 6.26 Å². The molecule has 0 aliphatic heterocycles. The second-order valence-corrected chi connectivity index (χ2v) is 6.88. The van der Waals surface area contributed by atoms with Crippen molar-refractivity contribution in [3.63, 3.8) is 0 Å². The van der Waals surface area contributed by atoms with Crippen molar-refractivity contribution >= 4 is 29.6 Å². The summed E-state index contributed by atoms with van der Waals surface area (Å²) in [6.45, 7) is 0. The van der Waals surface area contributed by atoms with Crippen LogP contribution in [0.2, 0.25) is 0 Å². The van der Waals surface area contributed by atoms with Gasteiger partial charge in [-0.15, -0.1) is 0 Å². The van der Waals surface area contributed by atoms with E-state index in [0.717, 1.165) is 6.26 Å². The molecule has 1 atom stereocenters. The number of nitrogens with zero attached hydrogens (tertiary/aromatic N) is 3. The lowest BCUT2D eigenvalue weighted by Gasteiger charge is -1.98. The zero-order valence-corrected chi connectivity index (χ0v) is 9.38. The van der Waals surface area contributed by atoms with Crippen LogP contribution in [-0.2, 0) is 19.0 Å². The third kappa shape index (κ3) is 3.20. The van der Waals surface area contributed by atoms with Crippen molar-refractivity contribution in [3.8, 4) is 0 Å². The highest BCUT2D eigenvalue weighted by Gasteiger charge is 2.13. The Morgan fingerprint density at radius 3 is 2.21 bits per heavy atom. The first kappa shape index (κ1) is 11.3. The molecule has 0 saturated heterocycles. The number of halogens is 1. The van der Waals surface area contributed by atoms with Crippen LogP contribution in [0.15, 0.2) is 27.4 Å². The monoisotopic (exact) mass is 255 g/mol. The van der Waals surface area contributed by atoms with E-state index >= 15 is 0 Å². The van der Waals surface area contributed by atoms with E-state index in [4.69, 9.17) is 10.7 Å². The molecule has 0 spiro atoms. The van der Waals surface area contributed by atoms with Gasteiger partial charge in [-0.2, -0.15) is 8.42 Å². The van der Waals surface area contributed by atoms with Crippen molar-refractivity contribution in [1.29, 1.82) is 0 Å². The Hall–Kier alpha value is -0.730. The summed E-state index contributed by atoms with van der Waals surface area (Å²) in [4.78, 5) is 7.26. The zero-order chi connectivity index (χ0) is 10.8. The molecule has 0 saturated carbocycles. The summed E-state index contributed by atoms with van der Waals surface area (Å²) >= 11 is 0. The molecule has 0 amide bonds. The molecule has 14 heavy (non-hydrogen) atoms. The predicted molar refractivity (Wildman–Crippen MR) is 51.6 cm³/mol. The van der Waals surface area contributed by atoms with Gasteiger partial charge in [0.1, 0.15) is 9.73 Å². The SMILES string of the molecule is CS(=O)(=NS(=O)(=O)Cl)c1ncccn1. The Balaban J connectivity index is 3.37. The van der Waals surface area contributed by atoms with Gasteiger partial charge >= 0.3 is 9.24 Å². The molecule has 0 N–H and O–H groups in total. The molecule has 0 bridgehead atoms. The Labute approximate surface area is 86.1 Å². The first-order chi connectivity index (χ1) is 6.31. The molecule has 0 fully saturated rings. The summed E-state index contributed by atoms with van der Waals surface area (Å²) in [5, 5.41) is -0.163. The van der Waals surface area contributed by atoms with Gasteiger partial charge in [-0.25, -0.2) is 14.2 Å². The largest absolute Gasteiger partial charge is 0.347 e. The highest BCUT2D eigenvalue weighted by atomic mass is 35.7. The lowest BCUT2D eigenvalue weighted by Crippen LogP contribution is -2.04. The highest BCUT2D eigenvalue weighted by molar-refractivity contribution is 8.17. The molecular formula is C5H6ClN3O3S2. The summed E-state index contributed by atoms with van der Waals surface area (Å²) in [5.41, 5.74) is 0. The molecule has 0 radical (unpaired) electrons. The molecule has 78 valence electrons. The molecule has 1 heterocycles. The van der Waals surface area contributed by atoms with Crippen LogP contribution < -0.4 is 0 Å². The molecule has 1 unspecified atom stereocenters. The lowest BCUT2D eigenvalue weighted by molar-refractivity contribution is 0.611. The van der Waals surface area contributed by atoms with Crippen LogP contribution in [0, 0.1) is 0 Å². The van der Waals surface area contributed by atoms with Gasteiger partial charge in [-0.05, 0) is 6.07 Å². The standard InChI is InChI=1S/C5H6ClN3O3S2/c1-13(10,9-14(6,11)12)5-7-3-2-4-8-5/h2-4H,1H3. The van der Waals surface area contributed by atoms with Gasteiger partial charge in [-0.1, -0.05) is 3.77 Å². The lowest BCUT2D eigenvalue weighted by atomic mass is 10.7. The second-order valence-electron chi connectivity index (χ2n) is 2.32. The van der Waals surface area contributed by atoms with Gasteiger partial charge in [0.05, 0.1) is 0 Å². The van der Waals surface area contributed by atoms with Crippen LogP contribution in [0.4, 0.5) is 0 Å². The molecule has 0 aliphatic rings. The van der Waals surface area contributed by atoms with Crippen LogP contribution in [0.3, 0.4) is 0 Å². The van der Waals surface area contributed by atoms with E-state index in [1.165, 1.54) is 18.5 Å². The number of hydrogen-bond acceptors (Lipinski definition) is 5. The fraction of sp³-hybridized carbons (Fsp3) is 0.200. The Kier molecular flexibility index (Phi) is 3.07. The maximum absolute atomic E-state index is 11.6. The Bertz CT molecular complexity index is 533. The quantitative estimate of drug-likeness (QED) is 0.564. The maximum atomic E-state index is 11.6. The second kappa shape index (κ2) is 3.79. The molecular weight excluding hydrogens is 250 g/mol. The van der Waals surface area contributed by atoms with E-state index in [2.05, 4.69) is 13.7 Å². The minimum atomic E-state index is -4.19. The Morgan fingerprint density at radius 1 is 1.29 bits per heavy atom. The van der Waals surface area contributed by atoms with Crippen LogP contribution in [0.25, 0.3) is 0 Å². The number of rotatable bonds is 2. The summed E-state index contributed by atoms with van der Waals surface area (Å²) in [6, 6.07) is 1.51. The van der Waals surface area contributed by atoms with E-state index < -0.39 is 19.0 Å². The molecule has 1 aromatic rings.